The van der Waals surface area contributed by atoms with Gasteiger partial charge in [0.15, 0.2) is 5.78 Å². The number of benzene rings is 1. The smallest absolute Gasteiger partial charge is 0.163 e. The molecule has 1 aromatic carbocycles. The number of hydrogen-bond acceptors (Lipinski definition) is 4. The van der Waals surface area contributed by atoms with E-state index in [1.54, 1.807) is 6.92 Å². The van der Waals surface area contributed by atoms with Crippen molar-refractivity contribution in [2.75, 3.05) is 0 Å². The molecule has 2 atom stereocenters. The lowest BCUT2D eigenvalue weighted by Crippen LogP contribution is -2.19. The Labute approximate surface area is 99.2 Å². The maximum atomic E-state index is 11.3. The summed E-state index contributed by atoms with van der Waals surface area (Å²) in [6.45, 7) is 6.85. The lowest BCUT2D eigenvalue weighted by atomic mass is 9.99. The molecule has 0 radical (unpaired) electrons. The monoisotopic (exact) mass is 234 g/mol. The van der Waals surface area contributed by atoms with E-state index in [1.807, 2.05) is 0 Å². The van der Waals surface area contributed by atoms with E-state index in [0.29, 0.717) is 16.9 Å². The molecule has 0 spiro atoms. The molecule has 1 heterocycles. The normalized spacial score (nSPS) is 21.8. The summed E-state index contributed by atoms with van der Waals surface area (Å²) in [5, 5.41) is 19.7. The average molecular weight is 234 g/mol. The Morgan fingerprint density at radius 1 is 1.41 bits per heavy atom. The predicted molar refractivity (Wildman–Crippen MR) is 62.3 cm³/mol. The summed E-state index contributed by atoms with van der Waals surface area (Å²) in [7, 11) is 0. The van der Waals surface area contributed by atoms with Crippen LogP contribution in [0.4, 0.5) is 0 Å². The maximum absolute atomic E-state index is 11.3. The number of carbonyl (C=O) groups excluding carboxylic acids is 1. The fourth-order valence-corrected chi connectivity index (χ4v) is 1.94. The average Bonchev–Trinajstić information content (AvgIpc) is 2.54. The number of aliphatic hydroxyl groups excluding tert-OH is 1. The first-order chi connectivity index (χ1) is 7.91. The van der Waals surface area contributed by atoms with E-state index in [-0.39, 0.29) is 17.1 Å². The summed E-state index contributed by atoms with van der Waals surface area (Å²) < 4.78 is 5.48. The summed E-state index contributed by atoms with van der Waals surface area (Å²) in [6, 6.07) is 2.83. The molecule has 0 bridgehead atoms. The van der Waals surface area contributed by atoms with Gasteiger partial charge in [0.2, 0.25) is 0 Å². The van der Waals surface area contributed by atoms with Crippen molar-refractivity contribution < 1.29 is 19.7 Å². The van der Waals surface area contributed by atoms with Crippen molar-refractivity contribution in [3.05, 3.63) is 35.4 Å². The molecule has 90 valence electrons. The Morgan fingerprint density at radius 2 is 2.06 bits per heavy atom. The standard InChI is InChI=1S/C13H14O4/c1-6(2)13-12(16)9-4-8(7(3)14)10(15)5-11(9)17-13/h4-5,12-13,15-16H,1H2,2-3H3/t12-,13-/m0/s1. The molecule has 2 N–H and O–H groups in total. The van der Waals surface area contributed by atoms with E-state index >= 15 is 0 Å². The number of phenolic OH excluding ortho intramolecular Hbond substituents is 1. The Balaban J connectivity index is 2.50. The third kappa shape index (κ3) is 1.80. The number of carbonyl (C=O) groups is 1. The number of aliphatic hydroxyl groups is 1. The van der Waals surface area contributed by atoms with Crippen molar-refractivity contribution in [3.63, 3.8) is 0 Å². The molecule has 0 unspecified atom stereocenters. The second kappa shape index (κ2) is 3.89. The van der Waals surface area contributed by atoms with Crippen molar-refractivity contribution >= 4 is 5.78 Å². The molecule has 0 fully saturated rings. The second-order valence-electron chi connectivity index (χ2n) is 4.29. The molecule has 1 aromatic rings. The molecule has 0 amide bonds. The molecule has 4 nitrogen and oxygen atoms in total. The van der Waals surface area contributed by atoms with Gasteiger partial charge in [0.1, 0.15) is 23.7 Å². The van der Waals surface area contributed by atoms with Gasteiger partial charge >= 0.3 is 0 Å². The molecule has 2 rings (SSSR count). The number of phenols is 1. The fourth-order valence-electron chi connectivity index (χ4n) is 1.94. The van der Waals surface area contributed by atoms with Crippen LogP contribution in [0.15, 0.2) is 24.3 Å². The highest BCUT2D eigenvalue weighted by Gasteiger charge is 2.34. The van der Waals surface area contributed by atoms with Crippen LogP contribution in [-0.4, -0.2) is 22.1 Å². The van der Waals surface area contributed by atoms with Crippen molar-refractivity contribution in [2.45, 2.75) is 26.1 Å². The van der Waals surface area contributed by atoms with Crippen molar-refractivity contribution in [3.8, 4) is 11.5 Å². The zero-order valence-corrected chi connectivity index (χ0v) is 9.73. The minimum atomic E-state index is -0.846. The minimum Gasteiger partial charge on any atom is -0.507 e. The molecule has 0 saturated carbocycles. The van der Waals surface area contributed by atoms with Gasteiger partial charge in [0, 0.05) is 11.6 Å². The van der Waals surface area contributed by atoms with Gasteiger partial charge in [-0.05, 0) is 25.5 Å². The number of rotatable bonds is 2. The first kappa shape index (κ1) is 11.7. The summed E-state index contributed by atoms with van der Waals surface area (Å²) in [4.78, 5) is 11.3. The fraction of sp³-hybridized carbons (Fsp3) is 0.308. The number of ether oxygens (including phenoxy) is 1. The molecule has 0 aromatic heterocycles. The molecular weight excluding hydrogens is 220 g/mol. The number of Topliss-reactive ketones (excluding diaryl/α,β-unsaturated/α-hetero) is 1. The van der Waals surface area contributed by atoms with E-state index in [2.05, 4.69) is 6.58 Å². The van der Waals surface area contributed by atoms with Crippen molar-refractivity contribution in [1.29, 1.82) is 0 Å². The zero-order valence-electron chi connectivity index (χ0n) is 9.73. The summed E-state index contributed by atoms with van der Waals surface area (Å²) >= 11 is 0. The van der Waals surface area contributed by atoms with Crippen molar-refractivity contribution in [1.82, 2.24) is 0 Å². The van der Waals surface area contributed by atoms with Gasteiger partial charge in [0.25, 0.3) is 0 Å². The lowest BCUT2D eigenvalue weighted by molar-refractivity contribution is 0.0900. The van der Waals surface area contributed by atoms with Crippen LogP contribution in [0.25, 0.3) is 0 Å². The molecule has 17 heavy (non-hydrogen) atoms. The van der Waals surface area contributed by atoms with E-state index in [4.69, 9.17) is 4.74 Å². The SMILES string of the molecule is C=C(C)[C@@H]1Oc2cc(O)c(C(C)=O)cc2[C@@H]1O. The molecule has 4 heteroatoms. The molecule has 1 aliphatic heterocycles. The topological polar surface area (TPSA) is 66.8 Å². The van der Waals surface area contributed by atoms with Crippen LogP contribution in [-0.2, 0) is 0 Å². The van der Waals surface area contributed by atoms with Crippen LogP contribution in [0, 0.1) is 0 Å². The van der Waals surface area contributed by atoms with Gasteiger partial charge < -0.3 is 14.9 Å². The van der Waals surface area contributed by atoms with Gasteiger partial charge in [0.05, 0.1) is 5.56 Å². The Hall–Kier alpha value is -1.81. The summed E-state index contributed by atoms with van der Waals surface area (Å²) in [5.41, 5.74) is 1.40. The van der Waals surface area contributed by atoms with E-state index in [9.17, 15) is 15.0 Å². The van der Waals surface area contributed by atoms with Gasteiger partial charge in [-0.1, -0.05) is 6.58 Å². The first-order valence-electron chi connectivity index (χ1n) is 5.29. The highest BCUT2D eigenvalue weighted by Crippen LogP contribution is 2.42. The summed E-state index contributed by atoms with van der Waals surface area (Å²) in [6.07, 6.45) is -1.37. The lowest BCUT2D eigenvalue weighted by Gasteiger charge is -2.13. The van der Waals surface area contributed by atoms with E-state index < -0.39 is 12.2 Å². The Kier molecular flexibility index (Phi) is 2.67. The predicted octanol–water partition coefficient (Wildman–Crippen LogP) is 1.97. The van der Waals surface area contributed by atoms with Crippen molar-refractivity contribution in [2.24, 2.45) is 0 Å². The number of aromatic hydroxyl groups is 1. The van der Waals surface area contributed by atoms with Gasteiger partial charge in [-0.2, -0.15) is 0 Å². The zero-order chi connectivity index (χ0) is 12.7. The summed E-state index contributed by atoms with van der Waals surface area (Å²) in [5.74, 6) is 0.00934. The van der Waals surface area contributed by atoms with Crippen LogP contribution in [0.3, 0.4) is 0 Å². The highest BCUT2D eigenvalue weighted by atomic mass is 16.5. The molecule has 0 aliphatic carbocycles. The van der Waals surface area contributed by atoms with Crippen LogP contribution in [0.5, 0.6) is 11.5 Å². The van der Waals surface area contributed by atoms with Crippen LogP contribution >= 0.6 is 0 Å². The Bertz CT molecular complexity index is 504. The van der Waals surface area contributed by atoms with Crippen LogP contribution in [0.1, 0.15) is 35.9 Å². The third-order valence-electron chi connectivity index (χ3n) is 2.85. The van der Waals surface area contributed by atoms with Crippen LogP contribution < -0.4 is 4.74 Å². The van der Waals surface area contributed by atoms with Gasteiger partial charge in [-0.25, -0.2) is 0 Å². The van der Waals surface area contributed by atoms with Gasteiger partial charge in [-0.3, -0.25) is 4.79 Å². The number of hydrogen-bond donors (Lipinski definition) is 2. The van der Waals surface area contributed by atoms with Gasteiger partial charge in [-0.15, -0.1) is 0 Å². The van der Waals surface area contributed by atoms with E-state index in [0.717, 1.165) is 0 Å². The second-order valence-corrected chi connectivity index (χ2v) is 4.29. The third-order valence-corrected chi connectivity index (χ3v) is 2.85. The highest BCUT2D eigenvalue weighted by molar-refractivity contribution is 5.97. The number of ketones is 1. The Morgan fingerprint density at radius 3 is 2.59 bits per heavy atom. The molecule has 0 saturated heterocycles. The first-order valence-corrected chi connectivity index (χ1v) is 5.29. The maximum Gasteiger partial charge on any atom is 0.163 e. The number of fused-ring (bicyclic) bond motifs is 1. The van der Waals surface area contributed by atoms with E-state index in [1.165, 1.54) is 19.1 Å². The minimum absolute atomic E-state index is 0.134. The quantitative estimate of drug-likeness (QED) is 0.606. The van der Waals surface area contributed by atoms with Crippen LogP contribution in [0.2, 0.25) is 0 Å². The molecule has 1 aliphatic rings. The molecular formula is C13H14O4. The largest absolute Gasteiger partial charge is 0.507 e.